The summed E-state index contributed by atoms with van der Waals surface area (Å²) in [5.74, 6) is -12.2. The normalized spacial score (nSPS) is 12.9. The van der Waals surface area contributed by atoms with Gasteiger partial charge in [-0.15, -0.1) is 0 Å². The highest BCUT2D eigenvalue weighted by Crippen LogP contribution is 2.29. The van der Waals surface area contributed by atoms with Gasteiger partial charge in [0.15, 0.2) is 5.75 Å². The number of aliphatic hydroxyl groups is 1. The molecule has 0 spiro atoms. The molecule has 102 valence electrons. The maximum atomic E-state index is 13.1. The molecule has 0 radical (unpaired) electrons. The minimum Gasteiger partial charge on any atom is -0.485 e. The van der Waals surface area contributed by atoms with Gasteiger partial charge in [0.2, 0.25) is 29.1 Å². The molecule has 0 bridgehead atoms. The number of benzene rings is 1. The van der Waals surface area contributed by atoms with E-state index in [4.69, 9.17) is 0 Å². The molecule has 0 aromatic heterocycles. The molecule has 1 atom stereocenters. The zero-order valence-corrected chi connectivity index (χ0v) is 9.61. The summed E-state index contributed by atoms with van der Waals surface area (Å²) >= 11 is 0. The van der Waals surface area contributed by atoms with Crippen LogP contribution in [-0.2, 0) is 0 Å². The first kappa shape index (κ1) is 14.7. The van der Waals surface area contributed by atoms with Gasteiger partial charge in [-0.2, -0.15) is 8.78 Å². The molecular weight excluding hydrogens is 259 g/mol. The molecule has 1 rings (SSSR count). The predicted octanol–water partition coefficient (Wildman–Crippen LogP) is 2.78. The summed E-state index contributed by atoms with van der Waals surface area (Å²) in [6.07, 6.45) is -1.08. The average molecular weight is 270 g/mol. The van der Waals surface area contributed by atoms with Crippen molar-refractivity contribution >= 4 is 0 Å². The van der Waals surface area contributed by atoms with Crippen molar-refractivity contribution < 1.29 is 31.8 Å². The highest BCUT2D eigenvalue weighted by atomic mass is 19.2. The smallest absolute Gasteiger partial charge is 0.206 e. The number of halogens is 5. The van der Waals surface area contributed by atoms with E-state index in [0.717, 1.165) is 0 Å². The number of rotatable bonds is 4. The Morgan fingerprint density at radius 1 is 0.889 bits per heavy atom. The second-order valence-corrected chi connectivity index (χ2v) is 4.02. The van der Waals surface area contributed by atoms with Crippen LogP contribution in [0, 0.1) is 35.0 Å². The fourth-order valence-corrected chi connectivity index (χ4v) is 1.07. The zero-order valence-electron chi connectivity index (χ0n) is 9.61. The number of aliphatic hydroxyl groups excluding tert-OH is 1. The second-order valence-electron chi connectivity index (χ2n) is 4.02. The molecule has 1 unspecified atom stereocenters. The van der Waals surface area contributed by atoms with Crippen LogP contribution in [0.2, 0.25) is 0 Å². The van der Waals surface area contributed by atoms with Crippen LogP contribution in [-0.4, -0.2) is 17.8 Å². The molecule has 0 aliphatic heterocycles. The van der Waals surface area contributed by atoms with Crippen molar-refractivity contribution in [2.75, 3.05) is 6.61 Å². The molecule has 0 saturated heterocycles. The fraction of sp³-hybridized carbons (Fsp3) is 0.455. The van der Waals surface area contributed by atoms with E-state index in [1.807, 2.05) is 0 Å². The molecule has 1 aromatic rings. The molecule has 0 saturated carbocycles. The topological polar surface area (TPSA) is 29.5 Å². The Kier molecular flexibility index (Phi) is 4.50. The van der Waals surface area contributed by atoms with E-state index in [1.165, 1.54) is 0 Å². The van der Waals surface area contributed by atoms with Gasteiger partial charge in [0.05, 0.1) is 6.10 Å². The standard InChI is InChI=1S/C11H11F5O2/c1-4(2)5(17)3-18-11-9(15)7(13)6(12)8(14)10(11)16/h4-5,17H,3H2,1-2H3. The van der Waals surface area contributed by atoms with Gasteiger partial charge >= 0.3 is 0 Å². The third-order valence-corrected chi connectivity index (χ3v) is 2.34. The van der Waals surface area contributed by atoms with E-state index >= 15 is 0 Å². The Morgan fingerprint density at radius 2 is 1.28 bits per heavy atom. The lowest BCUT2D eigenvalue weighted by Crippen LogP contribution is -2.24. The van der Waals surface area contributed by atoms with Crippen molar-refractivity contribution in [2.24, 2.45) is 5.92 Å². The number of hydrogen-bond acceptors (Lipinski definition) is 2. The van der Waals surface area contributed by atoms with Crippen molar-refractivity contribution in [1.82, 2.24) is 0 Å². The minimum atomic E-state index is -2.25. The molecule has 1 N–H and O–H groups in total. The van der Waals surface area contributed by atoms with E-state index in [0.29, 0.717) is 0 Å². The lowest BCUT2D eigenvalue weighted by atomic mass is 10.1. The third-order valence-electron chi connectivity index (χ3n) is 2.34. The average Bonchev–Trinajstić information content (AvgIpc) is 2.33. The second kappa shape index (κ2) is 5.51. The largest absolute Gasteiger partial charge is 0.485 e. The van der Waals surface area contributed by atoms with Crippen LogP contribution < -0.4 is 4.74 Å². The maximum absolute atomic E-state index is 13.1. The summed E-state index contributed by atoms with van der Waals surface area (Å²) in [4.78, 5) is 0. The zero-order chi connectivity index (χ0) is 14.0. The minimum absolute atomic E-state index is 0.286. The van der Waals surface area contributed by atoms with Gasteiger partial charge in [-0.25, -0.2) is 13.2 Å². The van der Waals surface area contributed by atoms with Crippen molar-refractivity contribution in [3.8, 4) is 5.75 Å². The Bertz CT molecular complexity index is 419. The predicted molar refractivity (Wildman–Crippen MR) is 52.6 cm³/mol. The number of ether oxygens (including phenoxy) is 1. The van der Waals surface area contributed by atoms with Gasteiger partial charge in [0, 0.05) is 0 Å². The Balaban J connectivity index is 3.03. The van der Waals surface area contributed by atoms with E-state index in [2.05, 4.69) is 4.74 Å². The van der Waals surface area contributed by atoms with Crippen LogP contribution in [0.3, 0.4) is 0 Å². The molecule has 0 fully saturated rings. The first-order valence-corrected chi connectivity index (χ1v) is 5.09. The van der Waals surface area contributed by atoms with Crippen LogP contribution in [0.15, 0.2) is 0 Å². The van der Waals surface area contributed by atoms with Crippen molar-refractivity contribution in [3.63, 3.8) is 0 Å². The summed E-state index contributed by atoms with van der Waals surface area (Å²) in [6, 6.07) is 0. The van der Waals surface area contributed by atoms with E-state index < -0.39 is 47.5 Å². The van der Waals surface area contributed by atoms with Crippen LogP contribution in [0.1, 0.15) is 13.8 Å². The van der Waals surface area contributed by atoms with Gasteiger partial charge in [-0.3, -0.25) is 0 Å². The SMILES string of the molecule is CC(C)C(O)COc1c(F)c(F)c(F)c(F)c1F. The molecule has 0 heterocycles. The summed E-state index contributed by atoms with van der Waals surface area (Å²) in [6.45, 7) is 2.63. The maximum Gasteiger partial charge on any atom is 0.206 e. The molecule has 0 amide bonds. The molecule has 0 aliphatic carbocycles. The molecule has 0 aliphatic rings. The van der Waals surface area contributed by atoms with E-state index in [1.54, 1.807) is 13.8 Å². The van der Waals surface area contributed by atoms with Crippen LogP contribution in [0.5, 0.6) is 5.75 Å². The summed E-state index contributed by atoms with van der Waals surface area (Å²) in [5.41, 5.74) is 0. The Hall–Kier alpha value is -1.37. The van der Waals surface area contributed by atoms with Gasteiger partial charge in [0.1, 0.15) is 6.61 Å². The lowest BCUT2D eigenvalue weighted by Gasteiger charge is -2.16. The third kappa shape index (κ3) is 2.72. The number of hydrogen-bond donors (Lipinski definition) is 1. The molecule has 7 heteroatoms. The highest BCUT2D eigenvalue weighted by Gasteiger charge is 2.27. The van der Waals surface area contributed by atoms with E-state index in [-0.39, 0.29) is 5.92 Å². The lowest BCUT2D eigenvalue weighted by molar-refractivity contribution is 0.0655. The van der Waals surface area contributed by atoms with Gasteiger partial charge < -0.3 is 9.84 Å². The fourth-order valence-electron chi connectivity index (χ4n) is 1.07. The van der Waals surface area contributed by atoms with Crippen LogP contribution in [0.4, 0.5) is 22.0 Å². The molecule has 18 heavy (non-hydrogen) atoms. The first-order chi connectivity index (χ1) is 8.27. The van der Waals surface area contributed by atoms with Crippen molar-refractivity contribution in [1.29, 1.82) is 0 Å². The first-order valence-electron chi connectivity index (χ1n) is 5.09. The highest BCUT2D eigenvalue weighted by molar-refractivity contribution is 5.29. The van der Waals surface area contributed by atoms with Crippen LogP contribution >= 0.6 is 0 Å². The monoisotopic (exact) mass is 270 g/mol. The van der Waals surface area contributed by atoms with Gasteiger partial charge in [-0.1, -0.05) is 13.8 Å². The van der Waals surface area contributed by atoms with Crippen LogP contribution in [0.25, 0.3) is 0 Å². The summed E-state index contributed by atoms with van der Waals surface area (Å²) in [5, 5.41) is 9.33. The quantitative estimate of drug-likeness (QED) is 0.518. The van der Waals surface area contributed by atoms with Gasteiger partial charge in [-0.05, 0) is 5.92 Å². The Labute approximate surface area is 100.0 Å². The molecular formula is C11H11F5O2. The summed E-state index contributed by atoms with van der Waals surface area (Å²) < 4.78 is 69.0. The molecule has 1 aromatic carbocycles. The van der Waals surface area contributed by atoms with Gasteiger partial charge in [0.25, 0.3) is 0 Å². The Morgan fingerprint density at radius 3 is 1.67 bits per heavy atom. The van der Waals surface area contributed by atoms with E-state index in [9.17, 15) is 27.1 Å². The molecule has 2 nitrogen and oxygen atoms in total. The van der Waals surface area contributed by atoms with Crippen molar-refractivity contribution in [3.05, 3.63) is 29.1 Å². The summed E-state index contributed by atoms with van der Waals surface area (Å²) in [7, 11) is 0. The van der Waals surface area contributed by atoms with Crippen molar-refractivity contribution in [2.45, 2.75) is 20.0 Å².